The number of benzene rings is 2. The third-order valence-corrected chi connectivity index (χ3v) is 4.89. The summed E-state index contributed by atoms with van der Waals surface area (Å²) in [4.78, 5) is 4.02. The Labute approximate surface area is 164 Å². The van der Waals surface area contributed by atoms with E-state index in [1.807, 2.05) is 60.7 Å². The van der Waals surface area contributed by atoms with Crippen molar-refractivity contribution < 1.29 is 4.74 Å². The summed E-state index contributed by atoms with van der Waals surface area (Å²) in [5, 5.41) is 14.3. The van der Waals surface area contributed by atoms with Crippen molar-refractivity contribution in [2.45, 2.75) is 18.8 Å². The van der Waals surface area contributed by atoms with E-state index in [1.165, 1.54) is 6.33 Å². The molecule has 0 amide bonds. The maximum atomic E-state index is 10.1. The molecule has 5 heteroatoms. The van der Waals surface area contributed by atoms with E-state index in [2.05, 4.69) is 34.4 Å². The van der Waals surface area contributed by atoms with Crippen LogP contribution in [0.5, 0.6) is 0 Å². The Bertz CT molecular complexity index is 1000. The highest BCUT2D eigenvalue weighted by molar-refractivity contribution is 5.76. The molecule has 5 nitrogen and oxygen atoms in total. The van der Waals surface area contributed by atoms with Gasteiger partial charge in [0.2, 0.25) is 0 Å². The molecule has 2 unspecified atom stereocenters. The summed E-state index contributed by atoms with van der Waals surface area (Å²) in [6.45, 7) is 0.865. The fourth-order valence-corrected chi connectivity index (χ4v) is 3.36. The lowest BCUT2D eigenvalue weighted by molar-refractivity contribution is -0.0133. The molecule has 1 heterocycles. The molecule has 0 saturated carbocycles. The van der Waals surface area contributed by atoms with Gasteiger partial charge in [0.1, 0.15) is 18.7 Å². The third-order valence-electron chi connectivity index (χ3n) is 4.89. The molecule has 3 aromatic rings. The standard InChI is InChI=1S/C23H20N4O/c24-16-23(28-15-19-7-3-1-4-8-19)12-11-21(20-9-5-2-6-10-20)13-22(23)14-27-18-25-17-26-27/h1-13,17-18,22H,14-15H2. The molecule has 1 aliphatic rings. The largest absolute Gasteiger partial charge is 0.351 e. The molecule has 28 heavy (non-hydrogen) atoms. The van der Waals surface area contributed by atoms with Crippen LogP contribution in [0.2, 0.25) is 0 Å². The highest BCUT2D eigenvalue weighted by atomic mass is 16.5. The topological polar surface area (TPSA) is 63.7 Å². The Kier molecular flexibility index (Phi) is 5.14. The molecule has 0 aliphatic heterocycles. The molecule has 1 aromatic heterocycles. The van der Waals surface area contributed by atoms with Crippen molar-refractivity contribution in [2.75, 3.05) is 0 Å². The fourth-order valence-electron chi connectivity index (χ4n) is 3.36. The van der Waals surface area contributed by atoms with Gasteiger partial charge >= 0.3 is 0 Å². The Hall–Kier alpha value is -3.49. The minimum Gasteiger partial charge on any atom is -0.351 e. The summed E-state index contributed by atoms with van der Waals surface area (Å²) < 4.78 is 7.93. The Morgan fingerprint density at radius 1 is 1.07 bits per heavy atom. The number of ether oxygens (including phenoxy) is 1. The van der Waals surface area contributed by atoms with Gasteiger partial charge in [-0.15, -0.1) is 0 Å². The smallest absolute Gasteiger partial charge is 0.181 e. The molecule has 1 aliphatic carbocycles. The van der Waals surface area contributed by atoms with Gasteiger partial charge in [0, 0.05) is 5.92 Å². The molecule has 0 fully saturated rings. The average Bonchev–Trinajstić information content (AvgIpc) is 3.27. The van der Waals surface area contributed by atoms with E-state index < -0.39 is 5.60 Å². The number of rotatable bonds is 6. The minimum atomic E-state index is -1.07. The highest BCUT2D eigenvalue weighted by Crippen LogP contribution is 2.35. The number of hydrogen-bond acceptors (Lipinski definition) is 4. The van der Waals surface area contributed by atoms with Crippen LogP contribution in [0.1, 0.15) is 11.1 Å². The van der Waals surface area contributed by atoms with E-state index in [0.29, 0.717) is 13.2 Å². The zero-order valence-electron chi connectivity index (χ0n) is 15.3. The van der Waals surface area contributed by atoms with E-state index in [4.69, 9.17) is 4.74 Å². The van der Waals surface area contributed by atoms with Gasteiger partial charge in [-0.25, -0.2) is 4.98 Å². The molecule has 4 rings (SSSR count). The van der Waals surface area contributed by atoms with Gasteiger partial charge in [-0.05, 0) is 22.8 Å². The van der Waals surface area contributed by atoms with Gasteiger partial charge < -0.3 is 4.74 Å². The number of aromatic nitrogens is 3. The van der Waals surface area contributed by atoms with E-state index in [0.717, 1.165) is 16.7 Å². The number of nitriles is 1. The maximum Gasteiger partial charge on any atom is 0.181 e. The summed E-state index contributed by atoms with van der Waals surface area (Å²) in [5.41, 5.74) is 2.14. The molecule has 0 N–H and O–H groups in total. The predicted octanol–water partition coefficient (Wildman–Crippen LogP) is 4.03. The lowest BCUT2D eigenvalue weighted by Gasteiger charge is -2.33. The van der Waals surface area contributed by atoms with Crippen molar-refractivity contribution >= 4 is 5.57 Å². The van der Waals surface area contributed by atoms with Crippen LogP contribution in [-0.2, 0) is 17.9 Å². The van der Waals surface area contributed by atoms with Crippen molar-refractivity contribution in [2.24, 2.45) is 5.92 Å². The van der Waals surface area contributed by atoms with Crippen LogP contribution in [0.15, 0.2) is 91.5 Å². The van der Waals surface area contributed by atoms with Crippen LogP contribution >= 0.6 is 0 Å². The summed E-state index contributed by atoms with van der Waals surface area (Å²) in [6.07, 6.45) is 9.11. The van der Waals surface area contributed by atoms with E-state index >= 15 is 0 Å². The first-order valence-corrected chi connectivity index (χ1v) is 9.17. The molecule has 2 atom stereocenters. The minimum absolute atomic E-state index is 0.205. The molecular weight excluding hydrogens is 348 g/mol. The van der Waals surface area contributed by atoms with Gasteiger partial charge in [0.15, 0.2) is 5.60 Å². The van der Waals surface area contributed by atoms with Gasteiger partial charge in [0.05, 0.1) is 13.2 Å². The van der Waals surface area contributed by atoms with E-state index in [9.17, 15) is 5.26 Å². The lowest BCUT2D eigenvalue weighted by atomic mass is 9.80. The zero-order valence-corrected chi connectivity index (χ0v) is 15.3. The molecule has 0 saturated heterocycles. The molecule has 0 bridgehead atoms. The van der Waals surface area contributed by atoms with Crippen LogP contribution in [-0.4, -0.2) is 20.4 Å². The first kappa shape index (κ1) is 17.9. The average molecular weight is 368 g/mol. The van der Waals surface area contributed by atoms with Gasteiger partial charge in [-0.3, -0.25) is 4.68 Å². The van der Waals surface area contributed by atoms with Crippen molar-refractivity contribution in [3.8, 4) is 6.07 Å². The summed E-state index contributed by atoms with van der Waals surface area (Å²) in [5.74, 6) is -0.205. The number of allylic oxidation sites excluding steroid dienone is 2. The van der Waals surface area contributed by atoms with Crippen LogP contribution in [0.25, 0.3) is 5.57 Å². The lowest BCUT2D eigenvalue weighted by Crippen LogP contribution is -2.40. The highest BCUT2D eigenvalue weighted by Gasteiger charge is 2.39. The second-order valence-electron chi connectivity index (χ2n) is 6.72. The summed E-state index contributed by atoms with van der Waals surface area (Å²) >= 11 is 0. The monoisotopic (exact) mass is 368 g/mol. The quantitative estimate of drug-likeness (QED) is 0.659. The second-order valence-corrected chi connectivity index (χ2v) is 6.72. The van der Waals surface area contributed by atoms with Crippen molar-refractivity contribution in [1.82, 2.24) is 14.8 Å². The first-order chi connectivity index (χ1) is 13.8. The fraction of sp³-hybridized carbons (Fsp3) is 0.174. The van der Waals surface area contributed by atoms with Gasteiger partial charge in [-0.2, -0.15) is 10.4 Å². The Balaban J connectivity index is 1.65. The van der Waals surface area contributed by atoms with Crippen molar-refractivity contribution in [3.05, 3.63) is 103 Å². The summed E-state index contributed by atoms with van der Waals surface area (Å²) in [7, 11) is 0. The Morgan fingerprint density at radius 2 is 1.82 bits per heavy atom. The Morgan fingerprint density at radius 3 is 2.50 bits per heavy atom. The van der Waals surface area contributed by atoms with Crippen LogP contribution in [0, 0.1) is 17.2 Å². The van der Waals surface area contributed by atoms with Crippen LogP contribution in [0.4, 0.5) is 0 Å². The van der Waals surface area contributed by atoms with Crippen LogP contribution < -0.4 is 0 Å². The number of nitrogens with zero attached hydrogens (tertiary/aromatic N) is 4. The predicted molar refractivity (Wildman–Crippen MR) is 107 cm³/mol. The van der Waals surface area contributed by atoms with Crippen molar-refractivity contribution in [1.29, 1.82) is 5.26 Å². The van der Waals surface area contributed by atoms with Gasteiger partial charge in [0.25, 0.3) is 0 Å². The van der Waals surface area contributed by atoms with E-state index in [-0.39, 0.29) is 5.92 Å². The number of hydrogen-bond donors (Lipinski definition) is 0. The normalized spacial score (nSPS) is 21.1. The SMILES string of the molecule is N#CC1(OCc2ccccc2)C=CC(c2ccccc2)=CC1Cn1cncn1. The first-order valence-electron chi connectivity index (χ1n) is 9.17. The second kappa shape index (κ2) is 8.03. The van der Waals surface area contributed by atoms with Gasteiger partial charge in [-0.1, -0.05) is 72.8 Å². The zero-order chi connectivity index (χ0) is 19.2. The molecular formula is C23H20N4O. The van der Waals surface area contributed by atoms with Crippen molar-refractivity contribution in [3.63, 3.8) is 0 Å². The summed E-state index contributed by atoms with van der Waals surface area (Å²) in [6, 6.07) is 22.4. The molecule has 0 spiro atoms. The third kappa shape index (κ3) is 3.78. The van der Waals surface area contributed by atoms with E-state index in [1.54, 1.807) is 11.0 Å². The molecule has 2 aromatic carbocycles. The maximum absolute atomic E-state index is 10.1. The van der Waals surface area contributed by atoms with Crippen LogP contribution in [0.3, 0.4) is 0 Å². The molecule has 0 radical (unpaired) electrons. The molecule has 138 valence electrons.